The first kappa shape index (κ1) is 18.2. The molecule has 4 heterocycles. The summed E-state index contributed by atoms with van der Waals surface area (Å²) in [5.41, 5.74) is 2.76. The third-order valence-electron chi connectivity index (χ3n) is 5.82. The van der Waals surface area contributed by atoms with E-state index in [-0.39, 0.29) is 0 Å². The van der Waals surface area contributed by atoms with Crippen LogP contribution in [0.25, 0.3) is 0 Å². The molecule has 2 aromatic heterocycles. The second-order valence-corrected chi connectivity index (χ2v) is 10.2. The second-order valence-electron chi connectivity index (χ2n) is 7.35. The van der Waals surface area contributed by atoms with E-state index in [1.165, 1.54) is 10.4 Å². The Morgan fingerprint density at radius 1 is 1.19 bits per heavy atom. The van der Waals surface area contributed by atoms with Gasteiger partial charge in [0.05, 0.1) is 11.4 Å². The van der Waals surface area contributed by atoms with Crippen LogP contribution in [0, 0.1) is 13.8 Å². The number of piperidine rings is 1. The normalized spacial score (nSPS) is 20.4. The number of aromatic nitrogens is 2. The smallest absolute Gasteiger partial charge is 0.246 e. The average Bonchev–Trinajstić information content (AvgIpc) is 3.18. The van der Waals surface area contributed by atoms with E-state index in [0.29, 0.717) is 35.4 Å². The van der Waals surface area contributed by atoms with Crippen LogP contribution in [0.3, 0.4) is 0 Å². The van der Waals surface area contributed by atoms with Gasteiger partial charge in [-0.25, -0.2) is 8.42 Å². The largest absolute Gasteiger partial charge is 0.296 e. The molecule has 0 atom stereocenters. The SMILES string of the molecule is Cc1nn(C)c(C)c1S(=O)(=O)N1CCC(N2CCc3sccc3C2)CC1. The van der Waals surface area contributed by atoms with Crippen LogP contribution in [0.4, 0.5) is 0 Å². The minimum absolute atomic E-state index is 0.388. The Labute approximate surface area is 159 Å². The maximum Gasteiger partial charge on any atom is 0.246 e. The molecule has 0 unspecified atom stereocenters. The van der Waals surface area contributed by atoms with E-state index in [4.69, 9.17) is 0 Å². The van der Waals surface area contributed by atoms with Gasteiger partial charge in [-0.2, -0.15) is 9.40 Å². The minimum Gasteiger partial charge on any atom is -0.296 e. The van der Waals surface area contributed by atoms with Crippen molar-refractivity contribution >= 4 is 21.4 Å². The van der Waals surface area contributed by atoms with Crippen molar-refractivity contribution in [3.8, 4) is 0 Å². The van der Waals surface area contributed by atoms with Crippen molar-refractivity contribution in [3.63, 3.8) is 0 Å². The maximum absolute atomic E-state index is 13.1. The lowest BCUT2D eigenvalue weighted by Crippen LogP contribution is -2.48. The summed E-state index contributed by atoms with van der Waals surface area (Å²) in [6.45, 7) is 6.88. The van der Waals surface area contributed by atoms with Gasteiger partial charge in [0.25, 0.3) is 0 Å². The van der Waals surface area contributed by atoms with Crippen molar-refractivity contribution in [2.24, 2.45) is 7.05 Å². The lowest BCUT2D eigenvalue weighted by molar-refractivity contribution is 0.127. The van der Waals surface area contributed by atoms with Gasteiger partial charge in [-0.15, -0.1) is 11.3 Å². The van der Waals surface area contributed by atoms with E-state index in [9.17, 15) is 8.42 Å². The number of hydrogen-bond donors (Lipinski definition) is 0. The fraction of sp³-hybridized carbons (Fsp3) is 0.611. The molecule has 0 saturated carbocycles. The van der Waals surface area contributed by atoms with Gasteiger partial charge in [-0.1, -0.05) is 0 Å². The van der Waals surface area contributed by atoms with Crippen LogP contribution in [0.5, 0.6) is 0 Å². The van der Waals surface area contributed by atoms with Gasteiger partial charge in [-0.05, 0) is 50.1 Å². The van der Waals surface area contributed by atoms with Crippen molar-refractivity contribution in [2.45, 2.75) is 50.6 Å². The van der Waals surface area contributed by atoms with Gasteiger partial charge in [0.1, 0.15) is 4.90 Å². The molecular formula is C18H26N4O2S2. The Balaban J connectivity index is 1.45. The maximum atomic E-state index is 13.1. The van der Waals surface area contributed by atoms with Crippen LogP contribution < -0.4 is 0 Å². The van der Waals surface area contributed by atoms with Gasteiger partial charge in [0.15, 0.2) is 0 Å². The van der Waals surface area contributed by atoms with Gasteiger partial charge >= 0.3 is 0 Å². The van der Waals surface area contributed by atoms with Crippen molar-refractivity contribution in [2.75, 3.05) is 19.6 Å². The molecule has 2 aliphatic rings. The molecule has 142 valence electrons. The number of rotatable bonds is 3. The van der Waals surface area contributed by atoms with Gasteiger partial charge in [-0.3, -0.25) is 9.58 Å². The first-order valence-electron chi connectivity index (χ1n) is 9.17. The molecule has 0 bridgehead atoms. The summed E-state index contributed by atoms with van der Waals surface area (Å²) in [5.74, 6) is 0. The third-order valence-corrected chi connectivity index (χ3v) is 8.99. The summed E-state index contributed by atoms with van der Waals surface area (Å²) in [4.78, 5) is 4.45. The predicted octanol–water partition coefficient (Wildman–Crippen LogP) is 2.31. The van der Waals surface area contributed by atoms with Crippen molar-refractivity contribution in [3.05, 3.63) is 33.3 Å². The molecule has 26 heavy (non-hydrogen) atoms. The first-order valence-corrected chi connectivity index (χ1v) is 11.5. The molecule has 0 aliphatic carbocycles. The highest BCUT2D eigenvalue weighted by Crippen LogP contribution is 2.30. The summed E-state index contributed by atoms with van der Waals surface area (Å²) in [5, 5.41) is 6.46. The lowest BCUT2D eigenvalue weighted by atomic mass is 10.0. The molecule has 0 spiro atoms. The Hall–Kier alpha value is -1.22. The topological polar surface area (TPSA) is 58.4 Å². The molecule has 0 aromatic carbocycles. The van der Waals surface area contributed by atoms with Gasteiger partial charge in [0, 0.05) is 44.1 Å². The summed E-state index contributed by atoms with van der Waals surface area (Å²) in [6.07, 6.45) is 2.92. The van der Waals surface area contributed by atoms with E-state index < -0.39 is 10.0 Å². The van der Waals surface area contributed by atoms with Gasteiger partial charge in [0.2, 0.25) is 10.0 Å². The summed E-state index contributed by atoms with van der Waals surface area (Å²) < 4.78 is 29.5. The third kappa shape index (κ3) is 3.02. The van der Waals surface area contributed by atoms with Crippen LogP contribution in [0.15, 0.2) is 16.3 Å². The lowest BCUT2D eigenvalue weighted by Gasteiger charge is -2.39. The Morgan fingerprint density at radius 3 is 2.58 bits per heavy atom. The number of hydrogen-bond acceptors (Lipinski definition) is 5. The molecule has 1 saturated heterocycles. The molecule has 4 rings (SSSR count). The van der Waals surface area contributed by atoms with E-state index in [0.717, 1.165) is 32.4 Å². The van der Waals surface area contributed by atoms with E-state index in [1.807, 2.05) is 18.3 Å². The standard InChI is InChI=1S/C18H26N4O2S2/c1-13-18(14(2)20(3)19-13)26(23,24)22-9-4-16(5-10-22)21-8-6-17-15(12-21)7-11-25-17/h7,11,16H,4-6,8-10,12H2,1-3H3. The molecule has 0 amide bonds. The summed E-state index contributed by atoms with van der Waals surface area (Å²) in [6, 6.07) is 2.71. The van der Waals surface area contributed by atoms with Crippen molar-refractivity contribution in [1.29, 1.82) is 0 Å². The quantitative estimate of drug-likeness (QED) is 0.802. The van der Waals surface area contributed by atoms with Crippen LogP contribution in [0.2, 0.25) is 0 Å². The highest BCUT2D eigenvalue weighted by Gasteiger charge is 2.35. The summed E-state index contributed by atoms with van der Waals surface area (Å²) >= 11 is 1.86. The average molecular weight is 395 g/mol. The molecule has 6 nitrogen and oxygen atoms in total. The summed E-state index contributed by atoms with van der Waals surface area (Å²) in [7, 11) is -1.67. The number of nitrogens with zero attached hydrogens (tertiary/aromatic N) is 4. The Morgan fingerprint density at radius 2 is 1.92 bits per heavy atom. The molecule has 2 aliphatic heterocycles. The number of sulfonamides is 1. The van der Waals surface area contributed by atoms with E-state index >= 15 is 0 Å². The highest BCUT2D eigenvalue weighted by molar-refractivity contribution is 7.89. The van der Waals surface area contributed by atoms with Crippen LogP contribution in [-0.4, -0.2) is 53.1 Å². The molecule has 0 N–H and O–H groups in total. The van der Waals surface area contributed by atoms with Crippen LogP contribution in [0.1, 0.15) is 34.7 Å². The molecule has 1 fully saturated rings. The van der Waals surface area contributed by atoms with E-state index in [2.05, 4.69) is 21.4 Å². The molecule has 2 aromatic rings. The minimum atomic E-state index is -3.46. The Kier molecular flexibility index (Phi) is 4.71. The zero-order valence-electron chi connectivity index (χ0n) is 15.6. The Bertz CT molecular complexity index is 908. The number of fused-ring (bicyclic) bond motifs is 1. The molecular weight excluding hydrogens is 368 g/mol. The highest BCUT2D eigenvalue weighted by atomic mass is 32.2. The van der Waals surface area contributed by atoms with Crippen molar-refractivity contribution < 1.29 is 8.42 Å². The number of thiophene rings is 1. The van der Waals surface area contributed by atoms with Crippen LogP contribution >= 0.6 is 11.3 Å². The molecule has 8 heteroatoms. The molecule has 0 radical (unpaired) electrons. The zero-order chi connectivity index (χ0) is 18.5. The van der Waals surface area contributed by atoms with Gasteiger partial charge < -0.3 is 0 Å². The fourth-order valence-corrected chi connectivity index (χ4v) is 7.05. The predicted molar refractivity (Wildman–Crippen MR) is 103 cm³/mol. The van der Waals surface area contributed by atoms with Crippen LogP contribution in [-0.2, 0) is 30.0 Å². The second kappa shape index (κ2) is 6.74. The first-order chi connectivity index (χ1) is 12.4. The van der Waals surface area contributed by atoms with Crippen molar-refractivity contribution in [1.82, 2.24) is 19.0 Å². The zero-order valence-corrected chi connectivity index (χ0v) is 17.2. The number of aryl methyl sites for hydroxylation is 2. The van der Waals surface area contributed by atoms with E-state index in [1.54, 1.807) is 23.0 Å². The monoisotopic (exact) mass is 394 g/mol. The fourth-order valence-electron chi connectivity index (χ4n) is 4.29.